The molecule has 0 aromatic heterocycles. The lowest BCUT2D eigenvalue weighted by molar-refractivity contribution is -0.275. The number of carbonyl (C=O) groups excluding carboxylic acids is 2. The quantitative estimate of drug-likeness (QED) is 0.403. The van der Waals surface area contributed by atoms with E-state index in [4.69, 9.17) is 9.47 Å². The number of carbonyl (C=O) groups is 2. The number of hydrogen-bond donors (Lipinski definition) is 2. The number of nitrogens with zero attached hydrogens (tertiary/aromatic N) is 2. The summed E-state index contributed by atoms with van der Waals surface area (Å²) in [6, 6.07) is 13.8. The van der Waals surface area contributed by atoms with Gasteiger partial charge in [0.1, 0.15) is 6.04 Å². The van der Waals surface area contributed by atoms with Crippen LogP contribution < -0.4 is 5.32 Å². The van der Waals surface area contributed by atoms with Gasteiger partial charge < -0.3 is 29.7 Å². The Bertz CT molecular complexity index is 1220. The number of likely N-dealkylation sites (N-methyl/N-ethyl adjacent to an activating group) is 1. The lowest BCUT2D eigenvalue weighted by Gasteiger charge is -2.42. The van der Waals surface area contributed by atoms with Crippen LogP contribution in [0.3, 0.4) is 0 Å². The highest BCUT2D eigenvalue weighted by molar-refractivity contribution is 5.90. The van der Waals surface area contributed by atoms with Gasteiger partial charge in [-0.3, -0.25) is 9.59 Å². The number of likely N-dealkylation sites (tertiary alicyclic amines) is 1. The van der Waals surface area contributed by atoms with Crippen molar-refractivity contribution < 1.29 is 37.3 Å². The molecule has 0 unspecified atom stereocenters. The van der Waals surface area contributed by atoms with Crippen LogP contribution in [0.2, 0.25) is 0 Å². The first kappa shape index (κ1) is 31.7. The SMILES string of the molecule is C=CCN(C)C[C@@H]1O[C@H](c2ccc(CNC(=O)[C@@H]3CCCN3C(=O)C(F)(F)F)cc2)O[C@H](c2ccc(CO)cc2)[C@@H]1C. The summed E-state index contributed by atoms with van der Waals surface area (Å²) in [5.41, 5.74) is 3.31. The van der Waals surface area contributed by atoms with Gasteiger partial charge in [-0.05, 0) is 36.6 Å². The van der Waals surface area contributed by atoms with Gasteiger partial charge in [-0.2, -0.15) is 13.2 Å². The van der Waals surface area contributed by atoms with E-state index in [0.717, 1.165) is 22.3 Å². The van der Waals surface area contributed by atoms with Crippen molar-refractivity contribution >= 4 is 11.8 Å². The van der Waals surface area contributed by atoms with Crippen molar-refractivity contribution in [3.05, 3.63) is 83.4 Å². The van der Waals surface area contributed by atoms with Gasteiger partial charge in [0, 0.05) is 37.7 Å². The smallest absolute Gasteiger partial charge is 0.392 e. The van der Waals surface area contributed by atoms with Crippen molar-refractivity contribution in [1.29, 1.82) is 0 Å². The van der Waals surface area contributed by atoms with Crippen molar-refractivity contribution in [2.24, 2.45) is 5.92 Å². The van der Waals surface area contributed by atoms with Crippen LogP contribution in [0.5, 0.6) is 0 Å². The third-order valence-electron chi connectivity index (χ3n) is 7.83. The van der Waals surface area contributed by atoms with Crippen LogP contribution in [-0.4, -0.2) is 71.7 Å². The zero-order chi connectivity index (χ0) is 30.4. The van der Waals surface area contributed by atoms with E-state index in [9.17, 15) is 27.9 Å². The first-order valence-corrected chi connectivity index (χ1v) is 14.1. The van der Waals surface area contributed by atoms with Gasteiger partial charge in [0.25, 0.3) is 0 Å². The van der Waals surface area contributed by atoms with Crippen LogP contribution >= 0.6 is 0 Å². The number of alkyl halides is 3. The second-order valence-corrected chi connectivity index (χ2v) is 10.9. The van der Waals surface area contributed by atoms with E-state index in [1.54, 1.807) is 12.1 Å². The molecule has 228 valence electrons. The van der Waals surface area contributed by atoms with Crippen molar-refractivity contribution in [1.82, 2.24) is 15.1 Å². The fourth-order valence-electron chi connectivity index (χ4n) is 5.48. The van der Waals surface area contributed by atoms with Crippen molar-refractivity contribution in [2.75, 3.05) is 26.7 Å². The maximum absolute atomic E-state index is 12.9. The summed E-state index contributed by atoms with van der Waals surface area (Å²) in [4.78, 5) is 27.1. The lowest BCUT2D eigenvalue weighted by atomic mass is 9.90. The molecule has 2 N–H and O–H groups in total. The monoisotopic (exact) mass is 589 g/mol. The second kappa shape index (κ2) is 13.8. The Hall–Kier alpha value is -3.25. The van der Waals surface area contributed by atoms with Crippen LogP contribution in [0.25, 0.3) is 0 Å². The van der Waals surface area contributed by atoms with Gasteiger partial charge in [0.15, 0.2) is 6.29 Å². The number of aliphatic hydroxyl groups is 1. The normalized spacial score (nSPS) is 24.5. The first-order chi connectivity index (χ1) is 20.0. The Morgan fingerprint density at radius 3 is 2.36 bits per heavy atom. The molecule has 4 rings (SSSR count). The molecule has 0 saturated carbocycles. The zero-order valence-electron chi connectivity index (χ0n) is 23.8. The largest absolute Gasteiger partial charge is 0.471 e. The molecule has 5 atom stereocenters. The fraction of sp³-hybridized carbons (Fsp3) is 0.484. The predicted molar refractivity (Wildman–Crippen MR) is 150 cm³/mol. The maximum Gasteiger partial charge on any atom is 0.471 e. The Balaban J connectivity index is 1.44. The molecule has 0 spiro atoms. The molecule has 2 aliphatic rings. The second-order valence-electron chi connectivity index (χ2n) is 10.9. The number of halogens is 3. The van der Waals surface area contributed by atoms with Crippen LogP contribution in [-0.2, 0) is 32.2 Å². The highest BCUT2D eigenvalue weighted by Gasteiger charge is 2.47. The summed E-state index contributed by atoms with van der Waals surface area (Å²) in [6.45, 7) is 7.24. The molecule has 2 fully saturated rings. The topological polar surface area (TPSA) is 91.3 Å². The number of hydrogen-bond acceptors (Lipinski definition) is 6. The Labute approximate surface area is 244 Å². The van der Waals surface area contributed by atoms with Crippen LogP contribution in [0, 0.1) is 5.92 Å². The van der Waals surface area contributed by atoms with E-state index in [-0.39, 0.29) is 44.2 Å². The molecule has 2 saturated heterocycles. The predicted octanol–water partition coefficient (Wildman–Crippen LogP) is 4.26. The standard InChI is InChI=1S/C31H38F3N3O5/c1-4-15-36(3)18-26-20(2)27(23-11-9-22(19-38)10-12-23)42-29(41-26)24-13-7-21(8-14-24)17-35-28(39)25-6-5-16-37(25)30(40)31(32,33)34/h4,7-14,20,25-27,29,38H,1,5-6,15-19H2,2-3H3,(H,35,39)/t20-,25+,26+,27+,29+/m1/s1. The Kier molecular flexibility index (Phi) is 10.4. The molecule has 2 aliphatic heterocycles. The van der Waals surface area contributed by atoms with Gasteiger partial charge in [-0.15, -0.1) is 6.58 Å². The number of amides is 2. The average molecular weight is 590 g/mol. The minimum absolute atomic E-state index is 0.0300. The summed E-state index contributed by atoms with van der Waals surface area (Å²) >= 11 is 0. The van der Waals surface area contributed by atoms with Crippen molar-refractivity contribution in [3.8, 4) is 0 Å². The van der Waals surface area contributed by atoms with Crippen LogP contribution in [0.15, 0.2) is 61.2 Å². The summed E-state index contributed by atoms with van der Waals surface area (Å²) < 4.78 is 51.6. The van der Waals surface area contributed by atoms with Gasteiger partial charge in [-0.25, -0.2) is 0 Å². The van der Waals surface area contributed by atoms with E-state index < -0.39 is 30.3 Å². The molecule has 0 aliphatic carbocycles. The van der Waals surface area contributed by atoms with Crippen molar-refractivity contribution in [3.63, 3.8) is 0 Å². The van der Waals surface area contributed by atoms with E-state index >= 15 is 0 Å². The fourth-order valence-corrected chi connectivity index (χ4v) is 5.48. The number of rotatable bonds is 10. The molecular weight excluding hydrogens is 551 g/mol. The third kappa shape index (κ3) is 7.57. The summed E-state index contributed by atoms with van der Waals surface area (Å²) in [5, 5.41) is 12.1. The molecule has 11 heteroatoms. The summed E-state index contributed by atoms with van der Waals surface area (Å²) in [6.07, 6.45) is -3.71. The minimum atomic E-state index is -5.01. The van der Waals surface area contributed by atoms with Gasteiger partial charge >= 0.3 is 12.1 Å². The molecule has 2 heterocycles. The minimum Gasteiger partial charge on any atom is -0.392 e. The highest BCUT2D eigenvalue weighted by Crippen LogP contribution is 2.41. The van der Waals surface area contributed by atoms with Crippen LogP contribution in [0.1, 0.15) is 54.4 Å². The first-order valence-electron chi connectivity index (χ1n) is 14.1. The zero-order valence-corrected chi connectivity index (χ0v) is 23.8. The highest BCUT2D eigenvalue weighted by atomic mass is 19.4. The van der Waals surface area contributed by atoms with Gasteiger partial charge in [-0.1, -0.05) is 61.5 Å². The molecule has 0 radical (unpaired) electrons. The number of ether oxygens (including phenoxy) is 2. The molecule has 2 aromatic carbocycles. The molecule has 42 heavy (non-hydrogen) atoms. The molecule has 2 amide bonds. The summed E-state index contributed by atoms with van der Waals surface area (Å²) in [7, 11) is 2.00. The molecule has 8 nitrogen and oxygen atoms in total. The number of nitrogens with one attached hydrogen (secondary N) is 1. The Morgan fingerprint density at radius 2 is 1.74 bits per heavy atom. The summed E-state index contributed by atoms with van der Waals surface area (Å²) in [5.74, 6) is -2.56. The number of benzene rings is 2. The van der Waals surface area contributed by atoms with E-state index in [1.165, 1.54) is 0 Å². The maximum atomic E-state index is 12.9. The van der Waals surface area contributed by atoms with E-state index in [2.05, 4.69) is 23.7 Å². The molecule has 0 bridgehead atoms. The van der Waals surface area contributed by atoms with Crippen molar-refractivity contribution in [2.45, 2.75) is 63.6 Å². The van der Waals surface area contributed by atoms with Gasteiger partial charge in [0.05, 0.1) is 18.8 Å². The lowest BCUT2D eigenvalue weighted by Crippen LogP contribution is -2.50. The van der Waals surface area contributed by atoms with Gasteiger partial charge in [0.2, 0.25) is 5.91 Å². The molecular formula is C31H38F3N3O5. The van der Waals surface area contributed by atoms with Crippen LogP contribution in [0.4, 0.5) is 13.2 Å². The van der Waals surface area contributed by atoms with E-state index in [0.29, 0.717) is 24.4 Å². The third-order valence-corrected chi connectivity index (χ3v) is 7.83. The number of aliphatic hydroxyl groups excluding tert-OH is 1. The Morgan fingerprint density at radius 1 is 1.10 bits per heavy atom. The molecule has 2 aromatic rings. The van der Waals surface area contributed by atoms with E-state index in [1.807, 2.05) is 49.5 Å². The average Bonchev–Trinajstić information content (AvgIpc) is 3.46.